The normalized spacial score (nSPS) is 10.9. The number of aryl methyl sites for hydroxylation is 1. The zero-order valence-electron chi connectivity index (χ0n) is 19.1. The van der Waals surface area contributed by atoms with Crippen LogP contribution in [0.25, 0.3) is 0 Å². The first-order valence-electron chi connectivity index (χ1n) is 11.0. The molecule has 2 aromatic rings. The van der Waals surface area contributed by atoms with Gasteiger partial charge in [0.15, 0.2) is 0 Å². The number of benzene rings is 2. The molecule has 0 bridgehead atoms. The van der Waals surface area contributed by atoms with E-state index in [2.05, 4.69) is 4.90 Å². The highest BCUT2D eigenvalue weighted by atomic mass is 35.5. The van der Waals surface area contributed by atoms with Crippen LogP contribution >= 0.6 is 11.6 Å². The third kappa shape index (κ3) is 9.71. The molecule has 174 valence electrons. The standard InChI is InChI=1S/C25H34ClN3O3/c1-20-6-8-22(9-7-20)19-29(25(27)31)17-4-16-28(15-3-5-24(30)32-2)18-14-21-10-12-23(26)13-11-21/h6-13H,3-5,14-19H2,1-2H3,(H2,27,31). The van der Waals surface area contributed by atoms with E-state index in [1.807, 2.05) is 55.5 Å². The third-order valence-electron chi connectivity index (χ3n) is 5.42. The van der Waals surface area contributed by atoms with Crippen LogP contribution < -0.4 is 5.73 Å². The first kappa shape index (κ1) is 25.7. The fraction of sp³-hybridized carbons (Fsp3) is 0.440. The molecule has 0 spiro atoms. The van der Waals surface area contributed by atoms with Crippen molar-refractivity contribution < 1.29 is 14.3 Å². The molecule has 0 heterocycles. The zero-order valence-corrected chi connectivity index (χ0v) is 19.8. The number of halogens is 1. The molecule has 0 aliphatic carbocycles. The lowest BCUT2D eigenvalue weighted by molar-refractivity contribution is -0.140. The number of amides is 2. The number of methoxy groups -OCH3 is 1. The van der Waals surface area contributed by atoms with Crippen molar-refractivity contribution in [3.63, 3.8) is 0 Å². The van der Waals surface area contributed by atoms with E-state index in [1.54, 1.807) is 4.90 Å². The maximum atomic E-state index is 11.9. The molecule has 0 radical (unpaired) electrons. The van der Waals surface area contributed by atoms with E-state index in [0.29, 0.717) is 19.5 Å². The molecule has 0 fully saturated rings. The van der Waals surface area contributed by atoms with Gasteiger partial charge in [-0.2, -0.15) is 0 Å². The summed E-state index contributed by atoms with van der Waals surface area (Å²) in [6.07, 6.45) is 2.82. The molecule has 0 aliphatic heterocycles. The number of carbonyl (C=O) groups excluding carboxylic acids is 2. The lowest BCUT2D eigenvalue weighted by Gasteiger charge is -2.25. The van der Waals surface area contributed by atoms with Gasteiger partial charge < -0.3 is 20.3 Å². The zero-order chi connectivity index (χ0) is 23.3. The van der Waals surface area contributed by atoms with Gasteiger partial charge in [-0.05, 0) is 62.5 Å². The quantitative estimate of drug-likeness (QED) is 0.450. The van der Waals surface area contributed by atoms with Crippen LogP contribution in [0, 0.1) is 6.92 Å². The smallest absolute Gasteiger partial charge is 0.315 e. The van der Waals surface area contributed by atoms with Crippen LogP contribution in [-0.4, -0.2) is 55.1 Å². The van der Waals surface area contributed by atoms with E-state index in [-0.39, 0.29) is 5.97 Å². The minimum Gasteiger partial charge on any atom is -0.469 e. The van der Waals surface area contributed by atoms with Crippen molar-refractivity contribution in [2.75, 3.05) is 33.3 Å². The first-order valence-corrected chi connectivity index (χ1v) is 11.4. The Labute approximate surface area is 196 Å². The van der Waals surface area contributed by atoms with Gasteiger partial charge in [-0.3, -0.25) is 4.79 Å². The number of rotatable bonds is 13. The fourth-order valence-corrected chi connectivity index (χ4v) is 3.61. The molecule has 0 saturated carbocycles. The Kier molecular flexibility index (Phi) is 11.0. The summed E-state index contributed by atoms with van der Waals surface area (Å²) in [6.45, 7) is 5.58. The molecule has 0 saturated heterocycles. The van der Waals surface area contributed by atoms with Crippen LogP contribution in [0.3, 0.4) is 0 Å². The molecule has 2 aromatic carbocycles. The molecule has 2 N–H and O–H groups in total. The summed E-state index contributed by atoms with van der Waals surface area (Å²) < 4.78 is 4.75. The summed E-state index contributed by atoms with van der Waals surface area (Å²) >= 11 is 5.98. The van der Waals surface area contributed by atoms with E-state index < -0.39 is 6.03 Å². The van der Waals surface area contributed by atoms with Crippen molar-refractivity contribution in [2.24, 2.45) is 5.73 Å². The Morgan fingerprint density at radius 2 is 1.53 bits per heavy atom. The number of urea groups is 1. The maximum Gasteiger partial charge on any atom is 0.315 e. The van der Waals surface area contributed by atoms with Crippen molar-refractivity contribution in [1.82, 2.24) is 9.80 Å². The van der Waals surface area contributed by atoms with Crippen LogP contribution in [0.4, 0.5) is 4.79 Å². The van der Waals surface area contributed by atoms with Gasteiger partial charge in [0.2, 0.25) is 0 Å². The Morgan fingerprint density at radius 1 is 0.906 bits per heavy atom. The summed E-state index contributed by atoms with van der Waals surface area (Å²) in [5.41, 5.74) is 9.08. The van der Waals surface area contributed by atoms with Gasteiger partial charge in [0, 0.05) is 31.1 Å². The van der Waals surface area contributed by atoms with Crippen molar-refractivity contribution in [3.05, 3.63) is 70.2 Å². The molecule has 0 aromatic heterocycles. The number of primary amides is 1. The van der Waals surface area contributed by atoms with Gasteiger partial charge in [-0.15, -0.1) is 0 Å². The second-order valence-electron chi connectivity index (χ2n) is 8.00. The fourth-order valence-electron chi connectivity index (χ4n) is 3.49. The highest BCUT2D eigenvalue weighted by Crippen LogP contribution is 2.12. The van der Waals surface area contributed by atoms with E-state index in [1.165, 1.54) is 18.2 Å². The summed E-state index contributed by atoms with van der Waals surface area (Å²) in [6, 6.07) is 15.6. The molecule has 0 aliphatic rings. The van der Waals surface area contributed by atoms with Crippen molar-refractivity contribution in [3.8, 4) is 0 Å². The van der Waals surface area contributed by atoms with E-state index in [0.717, 1.165) is 49.5 Å². The van der Waals surface area contributed by atoms with Gasteiger partial charge in [0.25, 0.3) is 0 Å². The number of ether oxygens (including phenoxy) is 1. The maximum absolute atomic E-state index is 11.9. The molecule has 7 heteroatoms. The number of hydrogen-bond donors (Lipinski definition) is 1. The average Bonchev–Trinajstić information content (AvgIpc) is 2.78. The largest absolute Gasteiger partial charge is 0.469 e. The summed E-state index contributed by atoms with van der Waals surface area (Å²) in [4.78, 5) is 27.4. The lowest BCUT2D eigenvalue weighted by atomic mass is 10.1. The summed E-state index contributed by atoms with van der Waals surface area (Å²) in [5.74, 6) is -0.194. The van der Waals surface area contributed by atoms with E-state index in [4.69, 9.17) is 22.1 Å². The van der Waals surface area contributed by atoms with E-state index in [9.17, 15) is 9.59 Å². The van der Waals surface area contributed by atoms with Gasteiger partial charge in [-0.1, -0.05) is 53.6 Å². The molecule has 0 atom stereocenters. The second-order valence-corrected chi connectivity index (χ2v) is 8.43. The Morgan fingerprint density at radius 3 is 2.16 bits per heavy atom. The van der Waals surface area contributed by atoms with Crippen LogP contribution in [0.5, 0.6) is 0 Å². The number of nitrogens with two attached hydrogens (primary N) is 1. The van der Waals surface area contributed by atoms with Crippen LogP contribution in [0.1, 0.15) is 36.0 Å². The predicted molar refractivity (Wildman–Crippen MR) is 129 cm³/mol. The summed E-state index contributed by atoms with van der Waals surface area (Å²) in [7, 11) is 1.41. The van der Waals surface area contributed by atoms with E-state index >= 15 is 0 Å². The Balaban J connectivity index is 1.88. The average molecular weight is 460 g/mol. The predicted octanol–water partition coefficient (Wildman–Crippen LogP) is 4.42. The molecule has 0 unspecified atom stereocenters. The number of hydrogen-bond acceptors (Lipinski definition) is 4. The monoisotopic (exact) mass is 459 g/mol. The van der Waals surface area contributed by atoms with Crippen LogP contribution in [0.15, 0.2) is 48.5 Å². The van der Waals surface area contributed by atoms with Gasteiger partial charge in [-0.25, -0.2) is 4.79 Å². The first-order chi connectivity index (χ1) is 15.4. The molecule has 6 nitrogen and oxygen atoms in total. The second kappa shape index (κ2) is 13.8. The van der Waals surface area contributed by atoms with Crippen LogP contribution in [-0.2, 0) is 22.5 Å². The number of esters is 1. The van der Waals surface area contributed by atoms with Crippen molar-refractivity contribution >= 4 is 23.6 Å². The van der Waals surface area contributed by atoms with Crippen molar-refractivity contribution in [1.29, 1.82) is 0 Å². The Bertz CT molecular complexity index is 841. The topological polar surface area (TPSA) is 75.9 Å². The van der Waals surface area contributed by atoms with Gasteiger partial charge in [0.05, 0.1) is 7.11 Å². The molecular formula is C25H34ClN3O3. The highest BCUT2D eigenvalue weighted by Gasteiger charge is 2.13. The highest BCUT2D eigenvalue weighted by molar-refractivity contribution is 6.30. The van der Waals surface area contributed by atoms with Crippen LogP contribution in [0.2, 0.25) is 5.02 Å². The number of nitrogens with zero attached hydrogens (tertiary/aromatic N) is 2. The summed E-state index contributed by atoms with van der Waals surface area (Å²) in [5, 5.41) is 0.726. The van der Waals surface area contributed by atoms with Gasteiger partial charge >= 0.3 is 12.0 Å². The van der Waals surface area contributed by atoms with Gasteiger partial charge in [0.1, 0.15) is 0 Å². The minimum absolute atomic E-state index is 0.194. The molecular weight excluding hydrogens is 426 g/mol. The Hall–Kier alpha value is -2.57. The number of carbonyl (C=O) groups is 2. The lowest BCUT2D eigenvalue weighted by Crippen LogP contribution is -2.38. The third-order valence-corrected chi connectivity index (χ3v) is 5.67. The molecule has 32 heavy (non-hydrogen) atoms. The SMILES string of the molecule is COC(=O)CCCN(CCCN(Cc1ccc(C)cc1)C(N)=O)CCc1ccc(Cl)cc1. The van der Waals surface area contributed by atoms with Crippen molar-refractivity contribution in [2.45, 2.75) is 39.2 Å². The molecule has 2 amide bonds. The minimum atomic E-state index is -0.413. The molecule has 2 rings (SSSR count).